The number of carbonyl (C=O) groups is 1. The summed E-state index contributed by atoms with van der Waals surface area (Å²) >= 11 is 1.56. The molecular weight excluding hydrogens is 376 g/mol. The van der Waals surface area contributed by atoms with Crippen molar-refractivity contribution in [2.45, 2.75) is 52.6 Å². The second-order valence-corrected chi connectivity index (χ2v) is 13.8. The second-order valence-electron chi connectivity index (χ2n) is 8.39. The van der Waals surface area contributed by atoms with E-state index in [0.29, 0.717) is 6.61 Å². The number of carbonyl (C=O) groups excluding carboxylic acids is 1. The highest BCUT2D eigenvalue weighted by molar-refractivity contribution is 7.13. The first kappa shape index (κ1) is 19.8. The predicted molar refractivity (Wildman–Crippen MR) is 113 cm³/mol. The number of rotatable bonds is 4. The quantitative estimate of drug-likeness (QED) is 0.510. The molecule has 5 nitrogen and oxygen atoms in total. The van der Waals surface area contributed by atoms with Crippen molar-refractivity contribution in [3.8, 4) is 10.6 Å². The first-order chi connectivity index (χ1) is 12.6. The summed E-state index contributed by atoms with van der Waals surface area (Å²) in [7, 11) is -1.78. The SMILES string of the molecule is CC(C)(C)OC(=O)n1c(CO[Si](C)(C)C)c(-c2nccs2)c2ccccc21. The summed E-state index contributed by atoms with van der Waals surface area (Å²) in [6.45, 7) is 12.4. The molecule has 0 spiro atoms. The van der Waals surface area contributed by atoms with E-state index >= 15 is 0 Å². The Hall–Kier alpha value is -1.96. The van der Waals surface area contributed by atoms with Gasteiger partial charge in [0.1, 0.15) is 10.6 Å². The second kappa shape index (κ2) is 7.22. The fraction of sp³-hybridized carbons (Fsp3) is 0.400. The summed E-state index contributed by atoms with van der Waals surface area (Å²) in [6.07, 6.45) is 1.39. The normalized spacial score (nSPS) is 12.5. The van der Waals surface area contributed by atoms with Gasteiger partial charge in [0, 0.05) is 22.5 Å². The first-order valence-electron chi connectivity index (χ1n) is 8.96. The standard InChI is InChI=1S/C20H26N2O3SSi/c1-20(2,3)25-19(23)22-15-10-8-7-9-14(15)17(18-21-11-12-26-18)16(22)13-24-27(4,5)6/h7-12H,13H2,1-6H3. The van der Waals surface area contributed by atoms with Crippen LogP contribution in [0.15, 0.2) is 35.8 Å². The van der Waals surface area contributed by atoms with Gasteiger partial charge in [-0.25, -0.2) is 14.3 Å². The minimum absolute atomic E-state index is 0.346. The third kappa shape index (κ3) is 4.48. The van der Waals surface area contributed by atoms with E-state index < -0.39 is 20.0 Å². The number of para-hydroxylation sites is 1. The number of fused-ring (bicyclic) bond motifs is 1. The molecule has 0 amide bonds. The van der Waals surface area contributed by atoms with E-state index in [-0.39, 0.29) is 0 Å². The fourth-order valence-corrected chi connectivity index (χ4v) is 4.10. The van der Waals surface area contributed by atoms with Crippen LogP contribution in [0.4, 0.5) is 4.79 Å². The summed E-state index contributed by atoms with van der Waals surface area (Å²) < 4.78 is 13.5. The molecule has 2 heterocycles. The summed E-state index contributed by atoms with van der Waals surface area (Å²) in [5.41, 5.74) is 1.97. The number of ether oxygens (including phenoxy) is 1. The Kier molecular flexibility index (Phi) is 5.29. The zero-order chi connectivity index (χ0) is 19.8. The van der Waals surface area contributed by atoms with E-state index in [0.717, 1.165) is 27.2 Å². The molecule has 0 N–H and O–H groups in total. The Morgan fingerprint density at radius 1 is 1.22 bits per heavy atom. The highest BCUT2D eigenvalue weighted by Gasteiger charge is 2.28. The van der Waals surface area contributed by atoms with Crippen molar-refractivity contribution >= 4 is 36.7 Å². The molecule has 0 saturated heterocycles. The van der Waals surface area contributed by atoms with Crippen molar-refractivity contribution in [1.29, 1.82) is 0 Å². The number of hydrogen-bond donors (Lipinski definition) is 0. The van der Waals surface area contributed by atoms with Crippen LogP contribution in [0.5, 0.6) is 0 Å². The number of aromatic nitrogens is 2. The monoisotopic (exact) mass is 402 g/mol. The third-order valence-corrected chi connectivity index (χ3v) is 5.64. The molecule has 0 fully saturated rings. The van der Waals surface area contributed by atoms with Gasteiger partial charge in [0.25, 0.3) is 0 Å². The van der Waals surface area contributed by atoms with E-state index in [4.69, 9.17) is 9.16 Å². The van der Waals surface area contributed by atoms with Crippen molar-refractivity contribution in [2.75, 3.05) is 0 Å². The lowest BCUT2D eigenvalue weighted by Crippen LogP contribution is -2.30. The van der Waals surface area contributed by atoms with E-state index in [2.05, 4.69) is 24.6 Å². The van der Waals surface area contributed by atoms with E-state index in [1.807, 2.05) is 50.4 Å². The molecular formula is C20H26N2O3SSi. The van der Waals surface area contributed by atoms with E-state index in [1.165, 1.54) is 0 Å². The highest BCUT2D eigenvalue weighted by atomic mass is 32.1. The molecule has 0 bridgehead atoms. The Labute approximate surface area is 165 Å². The van der Waals surface area contributed by atoms with Crippen molar-refractivity contribution < 1.29 is 14.0 Å². The van der Waals surface area contributed by atoms with Gasteiger partial charge in [0.05, 0.1) is 17.8 Å². The summed E-state index contributed by atoms with van der Waals surface area (Å²) in [6, 6.07) is 7.86. The highest BCUT2D eigenvalue weighted by Crippen LogP contribution is 2.37. The molecule has 0 aliphatic heterocycles. The lowest BCUT2D eigenvalue weighted by Gasteiger charge is -2.22. The van der Waals surface area contributed by atoms with Crippen LogP contribution in [0.3, 0.4) is 0 Å². The molecule has 0 radical (unpaired) electrons. The number of thiazole rings is 1. The van der Waals surface area contributed by atoms with Gasteiger partial charge in [-0.05, 0) is 46.5 Å². The van der Waals surface area contributed by atoms with Crippen LogP contribution in [0.1, 0.15) is 26.5 Å². The summed E-state index contributed by atoms with van der Waals surface area (Å²) in [5.74, 6) is 0. The number of hydrogen-bond acceptors (Lipinski definition) is 5. The average molecular weight is 403 g/mol. The van der Waals surface area contributed by atoms with E-state index in [1.54, 1.807) is 22.1 Å². The molecule has 0 aliphatic rings. The van der Waals surface area contributed by atoms with Crippen LogP contribution in [0.25, 0.3) is 21.5 Å². The maximum Gasteiger partial charge on any atom is 0.419 e. The lowest BCUT2D eigenvalue weighted by atomic mass is 10.1. The van der Waals surface area contributed by atoms with Crippen LogP contribution < -0.4 is 0 Å². The molecule has 144 valence electrons. The largest absolute Gasteiger partial charge is 0.443 e. The summed E-state index contributed by atoms with van der Waals surface area (Å²) in [5, 5.41) is 3.80. The third-order valence-electron chi connectivity index (χ3n) is 3.84. The Balaban J connectivity index is 2.24. The molecule has 1 aromatic carbocycles. The Morgan fingerprint density at radius 2 is 1.93 bits per heavy atom. The van der Waals surface area contributed by atoms with Gasteiger partial charge in [-0.15, -0.1) is 11.3 Å². The van der Waals surface area contributed by atoms with Crippen LogP contribution in [0, 0.1) is 0 Å². The zero-order valence-corrected chi connectivity index (χ0v) is 18.5. The van der Waals surface area contributed by atoms with Gasteiger partial charge in [0.15, 0.2) is 8.32 Å². The van der Waals surface area contributed by atoms with Crippen LogP contribution in [0.2, 0.25) is 19.6 Å². The van der Waals surface area contributed by atoms with Crippen LogP contribution in [-0.2, 0) is 15.8 Å². The molecule has 3 rings (SSSR count). The number of nitrogens with zero attached hydrogens (tertiary/aromatic N) is 2. The average Bonchev–Trinajstić information content (AvgIpc) is 3.15. The van der Waals surface area contributed by atoms with Crippen molar-refractivity contribution in [1.82, 2.24) is 9.55 Å². The molecule has 2 aromatic heterocycles. The smallest absolute Gasteiger partial charge is 0.419 e. The van der Waals surface area contributed by atoms with Gasteiger partial charge in [-0.2, -0.15) is 0 Å². The van der Waals surface area contributed by atoms with Crippen molar-refractivity contribution in [3.63, 3.8) is 0 Å². The zero-order valence-electron chi connectivity index (χ0n) is 16.7. The molecule has 0 atom stereocenters. The minimum atomic E-state index is -1.78. The molecule has 0 unspecified atom stereocenters. The Morgan fingerprint density at radius 3 is 2.52 bits per heavy atom. The van der Waals surface area contributed by atoms with Crippen molar-refractivity contribution in [3.05, 3.63) is 41.5 Å². The molecule has 7 heteroatoms. The van der Waals surface area contributed by atoms with Gasteiger partial charge < -0.3 is 9.16 Å². The van der Waals surface area contributed by atoms with Crippen molar-refractivity contribution in [2.24, 2.45) is 0 Å². The topological polar surface area (TPSA) is 53.4 Å². The molecule has 3 aromatic rings. The van der Waals surface area contributed by atoms with Crippen LogP contribution in [-0.4, -0.2) is 29.6 Å². The fourth-order valence-electron chi connectivity index (χ4n) is 2.82. The molecule has 0 aliphatic carbocycles. The lowest BCUT2D eigenvalue weighted by molar-refractivity contribution is 0.0534. The Bertz CT molecular complexity index is 950. The number of benzene rings is 1. The van der Waals surface area contributed by atoms with Gasteiger partial charge in [0.2, 0.25) is 0 Å². The maximum atomic E-state index is 13.1. The van der Waals surface area contributed by atoms with E-state index in [9.17, 15) is 4.79 Å². The van der Waals surface area contributed by atoms with Gasteiger partial charge in [-0.3, -0.25) is 0 Å². The maximum absolute atomic E-state index is 13.1. The predicted octanol–water partition coefficient (Wildman–Crippen LogP) is 5.90. The molecule has 27 heavy (non-hydrogen) atoms. The van der Waals surface area contributed by atoms with Crippen LogP contribution >= 0.6 is 11.3 Å². The first-order valence-corrected chi connectivity index (χ1v) is 13.2. The van der Waals surface area contributed by atoms with Gasteiger partial charge in [-0.1, -0.05) is 18.2 Å². The molecule has 0 saturated carbocycles. The summed E-state index contributed by atoms with van der Waals surface area (Å²) in [4.78, 5) is 17.6. The van der Waals surface area contributed by atoms with Gasteiger partial charge >= 0.3 is 6.09 Å². The minimum Gasteiger partial charge on any atom is -0.443 e.